The number of alkyl halides is 1. The maximum Gasteiger partial charge on any atom is 0.0390 e. The SMILES string of the molecule is C=CCCCC(C)(C)Cl. The van der Waals surface area contributed by atoms with E-state index >= 15 is 0 Å². The van der Waals surface area contributed by atoms with Crippen LogP contribution in [0.2, 0.25) is 0 Å². The van der Waals surface area contributed by atoms with Gasteiger partial charge in [0, 0.05) is 4.87 Å². The Hall–Kier alpha value is 0.0300. The van der Waals surface area contributed by atoms with Crippen LogP contribution in [-0.2, 0) is 0 Å². The zero-order valence-electron chi connectivity index (χ0n) is 6.28. The Labute approximate surface area is 62.9 Å². The highest BCUT2D eigenvalue weighted by atomic mass is 35.5. The Morgan fingerprint density at radius 3 is 2.44 bits per heavy atom. The van der Waals surface area contributed by atoms with Crippen LogP contribution in [0, 0.1) is 0 Å². The van der Waals surface area contributed by atoms with Crippen LogP contribution >= 0.6 is 11.6 Å². The minimum atomic E-state index is -0.0248. The third-order valence-electron chi connectivity index (χ3n) is 1.18. The summed E-state index contributed by atoms with van der Waals surface area (Å²) in [7, 11) is 0. The van der Waals surface area contributed by atoms with Gasteiger partial charge in [-0.05, 0) is 33.1 Å². The summed E-state index contributed by atoms with van der Waals surface area (Å²) < 4.78 is 0. The molecule has 0 aromatic carbocycles. The molecule has 0 heterocycles. The van der Waals surface area contributed by atoms with Gasteiger partial charge in [0.25, 0.3) is 0 Å². The Balaban J connectivity index is 3.17. The maximum absolute atomic E-state index is 5.93. The molecule has 0 saturated heterocycles. The van der Waals surface area contributed by atoms with Crippen LogP contribution in [-0.4, -0.2) is 4.87 Å². The molecule has 0 aliphatic rings. The Morgan fingerprint density at radius 2 is 2.11 bits per heavy atom. The van der Waals surface area contributed by atoms with Gasteiger partial charge in [0.2, 0.25) is 0 Å². The van der Waals surface area contributed by atoms with E-state index in [0.29, 0.717) is 0 Å². The van der Waals surface area contributed by atoms with Gasteiger partial charge in [-0.25, -0.2) is 0 Å². The zero-order valence-corrected chi connectivity index (χ0v) is 7.04. The summed E-state index contributed by atoms with van der Waals surface area (Å²) in [5.74, 6) is 0. The van der Waals surface area contributed by atoms with E-state index in [1.54, 1.807) is 0 Å². The predicted octanol–water partition coefficient (Wildman–Crippen LogP) is 3.36. The molecule has 0 saturated carbocycles. The predicted molar refractivity (Wildman–Crippen MR) is 44.0 cm³/mol. The average molecular weight is 147 g/mol. The molecule has 54 valence electrons. The Kier molecular flexibility index (Phi) is 3.96. The number of hydrogen-bond acceptors (Lipinski definition) is 0. The van der Waals surface area contributed by atoms with Crippen LogP contribution < -0.4 is 0 Å². The van der Waals surface area contributed by atoms with Gasteiger partial charge < -0.3 is 0 Å². The van der Waals surface area contributed by atoms with E-state index in [1.807, 2.05) is 19.9 Å². The number of rotatable bonds is 4. The lowest BCUT2D eigenvalue weighted by Gasteiger charge is -2.13. The molecule has 0 atom stereocenters. The van der Waals surface area contributed by atoms with Crippen molar-refractivity contribution in [3.8, 4) is 0 Å². The van der Waals surface area contributed by atoms with Gasteiger partial charge in [0.05, 0.1) is 0 Å². The molecule has 0 aromatic heterocycles. The lowest BCUT2D eigenvalue weighted by Crippen LogP contribution is -2.08. The highest BCUT2D eigenvalue weighted by Gasteiger charge is 2.10. The quantitative estimate of drug-likeness (QED) is 0.324. The van der Waals surface area contributed by atoms with Gasteiger partial charge in [-0.1, -0.05) is 6.08 Å². The third kappa shape index (κ3) is 8.03. The number of hydrogen-bond donors (Lipinski definition) is 0. The molecule has 1 heteroatoms. The van der Waals surface area contributed by atoms with Gasteiger partial charge in [-0.2, -0.15) is 0 Å². The molecule has 0 amide bonds. The van der Waals surface area contributed by atoms with E-state index in [2.05, 4.69) is 6.58 Å². The lowest BCUT2D eigenvalue weighted by atomic mass is 10.1. The summed E-state index contributed by atoms with van der Waals surface area (Å²) in [6.07, 6.45) is 5.24. The van der Waals surface area contributed by atoms with E-state index in [1.165, 1.54) is 0 Å². The van der Waals surface area contributed by atoms with Gasteiger partial charge >= 0.3 is 0 Å². The minimum absolute atomic E-state index is 0.0248. The first-order chi connectivity index (χ1) is 4.06. The normalized spacial score (nSPS) is 11.4. The fourth-order valence-electron chi connectivity index (χ4n) is 0.667. The monoisotopic (exact) mass is 146 g/mol. The molecule has 0 aromatic rings. The molecule has 0 aliphatic heterocycles. The molecule has 0 aliphatic carbocycles. The first kappa shape index (κ1) is 9.03. The summed E-state index contributed by atoms with van der Waals surface area (Å²) in [5, 5.41) is 0. The third-order valence-corrected chi connectivity index (χ3v) is 1.37. The number of allylic oxidation sites excluding steroid dienone is 1. The van der Waals surface area contributed by atoms with E-state index in [-0.39, 0.29) is 4.87 Å². The first-order valence-corrected chi connectivity index (χ1v) is 3.74. The lowest BCUT2D eigenvalue weighted by molar-refractivity contribution is 0.596. The summed E-state index contributed by atoms with van der Waals surface area (Å²) in [6.45, 7) is 7.72. The summed E-state index contributed by atoms with van der Waals surface area (Å²) in [5.41, 5.74) is 0. The van der Waals surface area contributed by atoms with Gasteiger partial charge in [0.15, 0.2) is 0 Å². The molecule has 0 rings (SSSR count). The second-order valence-electron chi connectivity index (χ2n) is 2.90. The van der Waals surface area contributed by atoms with Crippen molar-refractivity contribution in [1.29, 1.82) is 0 Å². The molecule has 0 bridgehead atoms. The second kappa shape index (κ2) is 3.94. The highest BCUT2D eigenvalue weighted by molar-refractivity contribution is 6.23. The van der Waals surface area contributed by atoms with Gasteiger partial charge in [0.1, 0.15) is 0 Å². The maximum atomic E-state index is 5.93. The van der Waals surface area contributed by atoms with Crippen molar-refractivity contribution in [2.75, 3.05) is 0 Å². The number of halogens is 1. The highest BCUT2D eigenvalue weighted by Crippen LogP contribution is 2.20. The summed E-state index contributed by atoms with van der Waals surface area (Å²) >= 11 is 5.93. The molecule has 0 nitrogen and oxygen atoms in total. The average Bonchev–Trinajstić information content (AvgIpc) is 1.63. The molecule has 0 radical (unpaired) electrons. The molecule has 9 heavy (non-hydrogen) atoms. The topological polar surface area (TPSA) is 0 Å². The van der Waals surface area contributed by atoms with Crippen molar-refractivity contribution in [2.45, 2.75) is 38.0 Å². The van der Waals surface area contributed by atoms with Crippen LogP contribution in [0.3, 0.4) is 0 Å². The Morgan fingerprint density at radius 1 is 1.56 bits per heavy atom. The van der Waals surface area contributed by atoms with E-state index in [0.717, 1.165) is 19.3 Å². The van der Waals surface area contributed by atoms with Gasteiger partial charge in [-0.15, -0.1) is 18.2 Å². The van der Waals surface area contributed by atoms with E-state index in [9.17, 15) is 0 Å². The summed E-state index contributed by atoms with van der Waals surface area (Å²) in [4.78, 5) is -0.0248. The smallest absolute Gasteiger partial charge is 0.0390 e. The van der Waals surface area contributed by atoms with Crippen LogP contribution in [0.1, 0.15) is 33.1 Å². The van der Waals surface area contributed by atoms with Gasteiger partial charge in [-0.3, -0.25) is 0 Å². The largest absolute Gasteiger partial charge is 0.120 e. The molecular weight excluding hydrogens is 132 g/mol. The number of unbranched alkanes of at least 4 members (excludes halogenated alkanes) is 1. The molecule has 0 fully saturated rings. The standard InChI is InChI=1S/C8H15Cl/c1-4-5-6-7-8(2,3)9/h4H,1,5-7H2,2-3H3. The van der Waals surface area contributed by atoms with E-state index in [4.69, 9.17) is 11.6 Å². The molecular formula is C8H15Cl. The molecule has 0 unspecified atom stereocenters. The van der Waals surface area contributed by atoms with Crippen molar-refractivity contribution in [3.05, 3.63) is 12.7 Å². The minimum Gasteiger partial charge on any atom is -0.120 e. The summed E-state index contributed by atoms with van der Waals surface area (Å²) in [6, 6.07) is 0. The van der Waals surface area contributed by atoms with Crippen molar-refractivity contribution in [3.63, 3.8) is 0 Å². The van der Waals surface area contributed by atoms with Crippen molar-refractivity contribution in [2.24, 2.45) is 0 Å². The van der Waals surface area contributed by atoms with E-state index < -0.39 is 0 Å². The van der Waals surface area contributed by atoms with Crippen LogP contribution in [0.4, 0.5) is 0 Å². The van der Waals surface area contributed by atoms with Crippen molar-refractivity contribution >= 4 is 11.6 Å². The molecule has 0 spiro atoms. The van der Waals surface area contributed by atoms with Crippen LogP contribution in [0.5, 0.6) is 0 Å². The van der Waals surface area contributed by atoms with Crippen LogP contribution in [0.15, 0.2) is 12.7 Å². The zero-order chi connectivity index (χ0) is 7.33. The van der Waals surface area contributed by atoms with Crippen LogP contribution in [0.25, 0.3) is 0 Å². The van der Waals surface area contributed by atoms with Crippen molar-refractivity contribution in [1.82, 2.24) is 0 Å². The van der Waals surface area contributed by atoms with Crippen molar-refractivity contribution < 1.29 is 0 Å². The second-order valence-corrected chi connectivity index (χ2v) is 3.92. The fraction of sp³-hybridized carbons (Fsp3) is 0.750. The fourth-order valence-corrected chi connectivity index (χ4v) is 0.800. The molecule has 0 N–H and O–H groups in total. The first-order valence-electron chi connectivity index (χ1n) is 3.36. The Bertz CT molecular complexity index is 79.1.